The van der Waals surface area contributed by atoms with Gasteiger partial charge in [-0.3, -0.25) is 9.89 Å². The number of aromatic nitrogens is 3. The molecular weight excluding hydrogens is 344 g/mol. The van der Waals surface area contributed by atoms with Crippen molar-refractivity contribution in [1.29, 1.82) is 0 Å². The van der Waals surface area contributed by atoms with E-state index in [1.54, 1.807) is 0 Å². The molecule has 1 aliphatic heterocycles. The van der Waals surface area contributed by atoms with Crippen LogP contribution in [0.25, 0.3) is 0 Å². The number of hydrogen-bond acceptors (Lipinski definition) is 3. The molecule has 0 atom stereocenters. The van der Waals surface area contributed by atoms with Crippen LogP contribution < -0.4 is 0 Å². The van der Waals surface area contributed by atoms with Crippen molar-refractivity contribution in [3.05, 3.63) is 46.5 Å². The van der Waals surface area contributed by atoms with Crippen molar-refractivity contribution in [3.63, 3.8) is 0 Å². The second-order valence-corrected chi connectivity index (χ2v) is 8.39. The minimum Gasteiger partial charge on any atom is -0.342 e. The maximum absolute atomic E-state index is 13.2. The van der Waals surface area contributed by atoms with E-state index in [1.807, 2.05) is 18.2 Å². The van der Waals surface area contributed by atoms with Gasteiger partial charge < -0.3 is 9.47 Å². The number of aromatic amines is 1. The number of carbonyl (C=O) groups excluding carboxylic acids is 1. The van der Waals surface area contributed by atoms with Gasteiger partial charge in [0, 0.05) is 25.0 Å². The Kier molecular flexibility index (Phi) is 3.78. The SMILES string of the molecule is O=C(N1CCC(c2n[nH]c(=S)n2C2CC2)CC1)C1(c2ccccc2)CC1. The molecule has 1 amide bonds. The van der Waals surface area contributed by atoms with E-state index in [2.05, 4.69) is 31.8 Å². The number of hydrogen-bond donors (Lipinski definition) is 1. The van der Waals surface area contributed by atoms with E-state index in [0.29, 0.717) is 17.9 Å². The van der Waals surface area contributed by atoms with Crippen molar-refractivity contribution >= 4 is 18.1 Å². The number of rotatable bonds is 4. The highest BCUT2D eigenvalue weighted by molar-refractivity contribution is 7.71. The highest BCUT2D eigenvalue weighted by atomic mass is 32.1. The van der Waals surface area contributed by atoms with Gasteiger partial charge in [0.25, 0.3) is 0 Å². The number of benzene rings is 1. The molecule has 5 nitrogen and oxygen atoms in total. The summed E-state index contributed by atoms with van der Waals surface area (Å²) < 4.78 is 2.98. The van der Waals surface area contributed by atoms with Gasteiger partial charge in [0.05, 0.1) is 5.41 Å². The molecule has 2 aliphatic carbocycles. The van der Waals surface area contributed by atoms with Gasteiger partial charge in [-0.2, -0.15) is 5.10 Å². The first-order chi connectivity index (χ1) is 12.7. The Balaban J connectivity index is 1.29. The summed E-state index contributed by atoms with van der Waals surface area (Å²) in [5, 5.41) is 7.50. The normalized spacial score (nSPS) is 22.4. The fraction of sp³-hybridized carbons (Fsp3) is 0.550. The van der Waals surface area contributed by atoms with Crippen LogP contribution in [0, 0.1) is 4.77 Å². The van der Waals surface area contributed by atoms with Gasteiger partial charge in [0.2, 0.25) is 5.91 Å². The van der Waals surface area contributed by atoms with Gasteiger partial charge >= 0.3 is 0 Å². The highest BCUT2D eigenvalue weighted by Crippen LogP contribution is 2.50. The van der Waals surface area contributed by atoms with Gasteiger partial charge in [-0.25, -0.2) is 0 Å². The lowest BCUT2D eigenvalue weighted by atomic mass is 9.91. The molecule has 5 rings (SSSR count). The molecule has 1 N–H and O–H groups in total. The molecule has 3 aliphatic rings. The summed E-state index contributed by atoms with van der Waals surface area (Å²) in [5.41, 5.74) is 0.934. The van der Waals surface area contributed by atoms with Gasteiger partial charge in [0.1, 0.15) is 5.82 Å². The summed E-state index contributed by atoms with van der Waals surface area (Å²) in [6.45, 7) is 1.64. The van der Waals surface area contributed by atoms with Crippen LogP contribution in [0.1, 0.15) is 61.9 Å². The van der Waals surface area contributed by atoms with Gasteiger partial charge in [-0.15, -0.1) is 0 Å². The number of nitrogens with one attached hydrogen (secondary N) is 1. The molecule has 0 bridgehead atoms. The van der Waals surface area contributed by atoms with Crippen LogP contribution in [0.15, 0.2) is 30.3 Å². The third-order valence-corrected chi connectivity index (χ3v) is 6.56. The van der Waals surface area contributed by atoms with Crippen LogP contribution >= 0.6 is 12.2 Å². The smallest absolute Gasteiger partial charge is 0.233 e. The molecule has 1 saturated heterocycles. The zero-order valence-electron chi connectivity index (χ0n) is 14.9. The maximum Gasteiger partial charge on any atom is 0.233 e. The third kappa shape index (κ3) is 2.62. The zero-order valence-corrected chi connectivity index (χ0v) is 15.7. The highest BCUT2D eigenvalue weighted by Gasteiger charge is 2.53. The summed E-state index contributed by atoms with van der Waals surface area (Å²) in [4.78, 5) is 15.3. The molecule has 2 saturated carbocycles. The fourth-order valence-corrected chi connectivity index (χ4v) is 4.73. The Hall–Kier alpha value is -1.95. The molecule has 2 aromatic rings. The summed E-state index contributed by atoms with van der Waals surface area (Å²) in [5.74, 6) is 1.83. The van der Waals surface area contributed by atoms with E-state index in [4.69, 9.17) is 12.2 Å². The molecule has 0 spiro atoms. The van der Waals surface area contributed by atoms with Crippen LogP contribution in [-0.2, 0) is 10.2 Å². The maximum atomic E-state index is 13.2. The Morgan fingerprint density at radius 3 is 2.42 bits per heavy atom. The molecule has 0 unspecified atom stereocenters. The van der Waals surface area contributed by atoms with Crippen molar-refractivity contribution in [1.82, 2.24) is 19.7 Å². The predicted molar refractivity (Wildman–Crippen MR) is 102 cm³/mol. The Morgan fingerprint density at radius 1 is 1.12 bits per heavy atom. The number of amides is 1. The molecule has 2 heterocycles. The van der Waals surface area contributed by atoms with Crippen LogP contribution in [-0.4, -0.2) is 38.7 Å². The average molecular weight is 369 g/mol. The monoisotopic (exact) mass is 368 g/mol. The molecule has 1 aromatic carbocycles. The number of nitrogens with zero attached hydrogens (tertiary/aromatic N) is 3. The molecule has 1 aromatic heterocycles. The summed E-state index contributed by atoms with van der Waals surface area (Å²) in [6.07, 6.45) is 6.33. The van der Waals surface area contributed by atoms with Crippen molar-refractivity contribution < 1.29 is 4.79 Å². The number of H-pyrrole nitrogens is 1. The Bertz CT molecular complexity index is 871. The quantitative estimate of drug-likeness (QED) is 0.837. The topological polar surface area (TPSA) is 53.9 Å². The van der Waals surface area contributed by atoms with E-state index < -0.39 is 0 Å². The summed E-state index contributed by atoms with van der Waals surface area (Å²) in [7, 11) is 0. The molecule has 26 heavy (non-hydrogen) atoms. The summed E-state index contributed by atoms with van der Waals surface area (Å²) >= 11 is 5.41. The van der Waals surface area contributed by atoms with Crippen LogP contribution in [0.2, 0.25) is 0 Å². The largest absolute Gasteiger partial charge is 0.342 e. The second-order valence-electron chi connectivity index (χ2n) is 8.00. The summed E-state index contributed by atoms with van der Waals surface area (Å²) in [6, 6.07) is 10.8. The lowest BCUT2D eigenvalue weighted by Gasteiger charge is -2.34. The fourth-order valence-electron chi connectivity index (χ4n) is 4.44. The van der Waals surface area contributed by atoms with Crippen LogP contribution in [0.5, 0.6) is 0 Å². The van der Waals surface area contributed by atoms with Gasteiger partial charge in [0.15, 0.2) is 4.77 Å². The molecule has 3 fully saturated rings. The lowest BCUT2D eigenvalue weighted by molar-refractivity contribution is -0.135. The van der Waals surface area contributed by atoms with Crippen molar-refractivity contribution in [2.45, 2.75) is 55.9 Å². The first-order valence-electron chi connectivity index (χ1n) is 9.71. The zero-order chi connectivity index (χ0) is 17.7. The first kappa shape index (κ1) is 16.2. The van der Waals surface area contributed by atoms with Gasteiger partial charge in [-0.1, -0.05) is 30.3 Å². The first-order valence-corrected chi connectivity index (χ1v) is 10.1. The molecule has 0 radical (unpaired) electrons. The Labute approximate surface area is 158 Å². The minimum absolute atomic E-state index is 0.248. The van der Waals surface area contributed by atoms with Crippen molar-refractivity contribution in [2.75, 3.05) is 13.1 Å². The van der Waals surface area contributed by atoms with Gasteiger partial charge in [-0.05, 0) is 56.3 Å². The number of carbonyl (C=O) groups is 1. The molecule has 136 valence electrons. The van der Waals surface area contributed by atoms with E-state index in [0.717, 1.165) is 49.4 Å². The molecule has 6 heteroatoms. The standard InChI is InChI=1S/C20H24N4OS/c25-18(20(10-11-20)15-4-2-1-3-5-15)23-12-8-14(9-13-23)17-21-22-19(26)24(17)16-6-7-16/h1-5,14,16H,6-13H2,(H,22,26). The average Bonchev–Trinajstić information content (AvgIpc) is 3.61. The third-order valence-electron chi connectivity index (χ3n) is 6.28. The van der Waals surface area contributed by atoms with E-state index >= 15 is 0 Å². The van der Waals surface area contributed by atoms with Crippen LogP contribution in [0.3, 0.4) is 0 Å². The Morgan fingerprint density at radius 2 is 1.81 bits per heavy atom. The van der Waals surface area contributed by atoms with Crippen LogP contribution in [0.4, 0.5) is 0 Å². The number of likely N-dealkylation sites (tertiary alicyclic amines) is 1. The predicted octanol–water partition coefficient (Wildman–Crippen LogP) is 3.71. The molecular formula is C20H24N4OS. The van der Waals surface area contributed by atoms with E-state index in [-0.39, 0.29) is 5.41 Å². The lowest BCUT2D eigenvalue weighted by Crippen LogP contribution is -2.44. The number of piperidine rings is 1. The second kappa shape index (κ2) is 6.05. The van der Waals surface area contributed by atoms with E-state index in [1.165, 1.54) is 18.4 Å². The van der Waals surface area contributed by atoms with Crippen molar-refractivity contribution in [2.24, 2.45) is 0 Å². The van der Waals surface area contributed by atoms with E-state index in [9.17, 15) is 4.79 Å². The van der Waals surface area contributed by atoms with Crippen molar-refractivity contribution in [3.8, 4) is 0 Å². The minimum atomic E-state index is -0.248.